The molecule has 1 aromatic heterocycles. The maximum Gasteiger partial charge on any atom is 0.159 e. The number of rotatable bonds is 4. The number of benzene rings is 1. The summed E-state index contributed by atoms with van der Waals surface area (Å²) >= 11 is 0. The highest BCUT2D eigenvalue weighted by atomic mass is 16.5. The van der Waals surface area contributed by atoms with E-state index in [2.05, 4.69) is 4.98 Å². The Morgan fingerprint density at radius 1 is 1.26 bits per heavy atom. The molecule has 19 heavy (non-hydrogen) atoms. The van der Waals surface area contributed by atoms with E-state index in [4.69, 9.17) is 4.74 Å². The van der Waals surface area contributed by atoms with Crippen LogP contribution in [0.1, 0.15) is 29.9 Å². The molecular weight excluding hydrogens is 238 g/mol. The van der Waals surface area contributed by atoms with Crippen LogP contribution in [-0.4, -0.2) is 17.9 Å². The highest BCUT2D eigenvalue weighted by Crippen LogP contribution is 2.29. The van der Waals surface area contributed by atoms with Crippen molar-refractivity contribution in [3.63, 3.8) is 0 Å². The molecule has 0 atom stereocenters. The number of carbonyl (C=O) groups excluding carboxylic acids is 1. The van der Waals surface area contributed by atoms with E-state index in [0.717, 1.165) is 29.1 Å². The van der Waals surface area contributed by atoms with Crippen LogP contribution >= 0.6 is 0 Å². The van der Waals surface area contributed by atoms with Crippen LogP contribution in [0.4, 0.5) is 0 Å². The van der Waals surface area contributed by atoms with E-state index in [1.807, 2.05) is 43.3 Å². The molecule has 1 heterocycles. The molecule has 0 bridgehead atoms. The van der Waals surface area contributed by atoms with Gasteiger partial charge in [-0.05, 0) is 37.6 Å². The number of Topliss-reactive ketones (excluding diaryl/α,β-unsaturated/α-hetero) is 1. The topological polar surface area (TPSA) is 39.2 Å². The molecule has 0 aliphatic rings. The van der Waals surface area contributed by atoms with Gasteiger partial charge < -0.3 is 4.74 Å². The van der Waals surface area contributed by atoms with E-state index < -0.39 is 0 Å². The standard InChI is InChI=1S/C16H17NO2/c1-4-13-9-12(11(2)18)10-15(17-13)14-7-5-6-8-16(14)19-3/h5-10H,4H2,1-3H3. The van der Waals surface area contributed by atoms with Crippen LogP contribution in [0.3, 0.4) is 0 Å². The zero-order valence-corrected chi connectivity index (χ0v) is 11.4. The molecule has 0 radical (unpaired) electrons. The number of aryl methyl sites for hydroxylation is 1. The largest absolute Gasteiger partial charge is 0.496 e. The maximum atomic E-state index is 11.6. The van der Waals surface area contributed by atoms with Crippen LogP contribution in [0.5, 0.6) is 5.75 Å². The molecular formula is C16H17NO2. The number of ether oxygens (including phenoxy) is 1. The van der Waals surface area contributed by atoms with Crippen molar-refractivity contribution in [1.29, 1.82) is 0 Å². The van der Waals surface area contributed by atoms with Gasteiger partial charge in [-0.15, -0.1) is 0 Å². The Bertz CT molecular complexity index is 605. The summed E-state index contributed by atoms with van der Waals surface area (Å²) in [5.41, 5.74) is 3.28. The van der Waals surface area contributed by atoms with Gasteiger partial charge in [0.2, 0.25) is 0 Å². The van der Waals surface area contributed by atoms with Gasteiger partial charge in [0, 0.05) is 16.8 Å². The van der Waals surface area contributed by atoms with Crippen LogP contribution < -0.4 is 4.74 Å². The van der Waals surface area contributed by atoms with E-state index in [9.17, 15) is 4.79 Å². The third-order valence-corrected chi connectivity index (χ3v) is 3.03. The van der Waals surface area contributed by atoms with Gasteiger partial charge in [0.15, 0.2) is 5.78 Å². The van der Waals surface area contributed by atoms with Gasteiger partial charge >= 0.3 is 0 Å². The number of hydrogen-bond acceptors (Lipinski definition) is 3. The Morgan fingerprint density at radius 3 is 2.63 bits per heavy atom. The number of nitrogens with zero attached hydrogens (tertiary/aromatic N) is 1. The van der Waals surface area contributed by atoms with Crippen LogP contribution in [0.25, 0.3) is 11.3 Å². The first kappa shape index (κ1) is 13.3. The average molecular weight is 255 g/mol. The summed E-state index contributed by atoms with van der Waals surface area (Å²) in [4.78, 5) is 16.2. The SMILES string of the molecule is CCc1cc(C(C)=O)cc(-c2ccccc2OC)n1. The lowest BCUT2D eigenvalue weighted by atomic mass is 10.0. The first-order valence-electron chi connectivity index (χ1n) is 6.31. The molecule has 3 heteroatoms. The van der Waals surface area contributed by atoms with Gasteiger partial charge in [-0.1, -0.05) is 19.1 Å². The third-order valence-electron chi connectivity index (χ3n) is 3.03. The lowest BCUT2D eigenvalue weighted by molar-refractivity contribution is 0.101. The lowest BCUT2D eigenvalue weighted by Gasteiger charge is -2.10. The van der Waals surface area contributed by atoms with E-state index in [1.54, 1.807) is 14.0 Å². The molecule has 98 valence electrons. The van der Waals surface area contributed by atoms with Crippen LogP contribution in [0, 0.1) is 0 Å². The lowest BCUT2D eigenvalue weighted by Crippen LogP contribution is -1.99. The van der Waals surface area contributed by atoms with Crippen molar-refractivity contribution in [3.8, 4) is 17.0 Å². The summed E-state index contributed by atoms with van der Waals surface area (Å²) in [5, 5.41) is 0. The quantitative estimate of drug-likeness (QED) is 0.785. The fraction of sp³-hybridized carbons (Fsp3) is 0.250. The molecule has 2 aromatic rings. The highest BCUT2D eigenvalue weighted by Gasteiger charge is 2.10. The predicted molar refractivity (Wildman–Crippen MR) is 75.6 cm³/mol. The van der Waals surface area contributed by atoms with Gasteiger partial charge in [-0.3, -0.25) is 9.78 Å². The molecule has 0 amide bonds. The molecule has 0 saturated heterocycles. The smallest absolute Gasteiger partial charge is 0.159 e. The van der Waals surface area contributed by atoms with Crippen LogP contribution in [-0.2, 0) is 6.42 Å². The summed E-state index contributed by atoms with van der Waals surface area (Å²) in [6.45, 7) is 3.60. The normalized spacial score (nSPS) is 10.3. The number of ketones is 1. The van der Waals surface area contributed by atoms with Crippen molar-refractivity contribution in [3.05, 3.63) is 47.7 Å². The second-order valence-electron chi connectivity index (χ2n) is 4.34. The summed E-state index contributed by atoms with van der Waals surface area (Å²) < 4.78 is 5.35. The van der Waals surface area contributed by atoms with Crippen molar-refractivity contribution >= 4 is 5.78 Å². The van der Waals surface area contributed by atoms with Crippen molar-refractivity contribution in [1.82, 2.24) is 4.98 Å². The Kier molecular flexibility index (Phi) is 3.95. The first-order valence-corrected chi connectivity index (χ1v) is 6.31. The first-order chi connectivity index (χ1) is 9.15. The molecule has 0 saturated carbocycles. The highest BCUT2D eigenvalue weighted by molar-refractivity contribution is 5.95. The van der Waals surface area contributed by atoms with Gasteiger partial charge in [-0.2, -0.15) is 0 Å². The van der Waals surface area contributed by atoms with Gasteiger partial charge in [-0.25, -0.2) is 0 Å². The number of hydrogen-bond donors (Lipinski definition) is 0. The summed E-state index contributed by atoms with van der Waals surface area (Å²) in [5.74, 6) is 0.811. The Labute approximate surface area is 113 Å². The number of aromatic nitrogens is 1. The van der Waals surface area contributed by atoms with E-state index in [0.29, 0.717) is 5.56 Å². The molecule has 0 N–H and O–H groups in total. The number of methoxy groups -OCH3 is 1. The Balaban J connectivity index is 2.61. The molecule has 0 aliphatic heterocycles. The van der Waals surface area contributed by atoms with E-state index in [1.165, 1.54) is 0 Å². The van der Waals surface area contributed by atoms with Gasteiger partial charge in [0.05, 0.1) is 12.8 Å². The molecule has 1 aromatic carbocycles. The summed E-state index contributed by atoms with van der Waals surface area (Å²) in [6.07, 6.45) is 0.795. The molecule has 3 nitrogen and oxygen atoms in total. The number of carbonyl (C=O) groups is 1. The fourth-order valence-corrected chi connectivity index (χ4v) is 1.97. The predicted octanol–water partition coefficient (Wildman–Crippen LogP) is 3.52. The Morgan fingerprint density at radius 2 is 2.00 bits per heavy atom. The monoisotopic (exact) mass is 255 g/mol. The molecule has 0 aliphatic carbocycles. The summed E-state index contributed by atoms with van der Waals surface area (Å²) in [7, 11) is 1.63. The van der Waals surface area contributed by atoms with Crippen molar-refractivity contribution in [2.75, 3.05) is 7.11 Å². The van der Waals surface area contributed by atoms with Crippen LogP contribution in [0.15, 0.2) is 36.4 Å². The van der Waals surface area contributed by atoms with Crippen molar-refractivity contribution in [2.45, 2.75) is 20.3 Å². The van der Waals surface area contributed by atoms with Gasteiger partial charge in [0.25, 0.3) is 0 Å². The maximum absolute atomic E-state index is 11.6. The van der Waals surface area contributed by atoms with E-state index >= 15 is 0 Å². The fourth-order valence-electron chi connectivity index (χ4n) is 1.97. The molecule has 0 unspecified atom stereocenters. The molecule has 0 spiro atoms. The number of pyridine rings is 1. The van der Waals surface area contributed by atoms with E-state index in [-0.39, 0.29) is 5.78 Å². The second-order valence-corrected chi connectivity index (χ2v) is 4.34. The van der Waals surface area contributed by atoms with Crippen molar-refractivity contribution < 1.29 is 9.53 Å². The van der Waals surface area contributed by atoms with Crippen LogP contribution in [0.2, 0.25) is 0 Å². The number of para-hydroxylation sites is 1. The zero-order chi connectivity index (χ0) is 13.8. The minimum atomic E-state index is 0.0493. The molecule has 0 fully saturated rings. The van der Waals surface area contributed by atoms with Gasteiger partial charge in [0.1, 0.15) is 5.75 Å². The van der Waals surface area contributed by atoms with Crippen molar-refractivity contribution in [2.24, 2.45) is 0 Å². The Hall–Kier alpha value is -2.16. The summed E-state index contributed by atoms with van der Waals surface area (Å²) in [6, 6.07) is 11.4. The second kappa shape index (κ2) is 5.65. The zero-order valence-electron chi connectivity index (χ0n) is 11.4. The average Bonchev–Trinajstić information content (AvgIpc) is 2.46. The third kappa shape index (κ3) is 2.81. The minimum Gasteiger partial charge on any atom is -0.496 e. The molecule has 2 rings (SSSR count). The minimum absolute atomic E-state index is 0.0493.